The number of hydrazine groups is 1. The van der Waals surface area contributed by atoms with Crippen molar-refractivity contribution in [3.8, 4) is 5.75 Å². The van der Waals surface area contributed by atoms with Gasteiger partial charge < -0.3 is 14.5 Å². The number of amides is 3. The van der Waals surface area contributed by atoms with Gasteiger partial charge in [0.1, 0.15) is 5.75 Å². The first kappa shape index (κ1) is 16.8. The summed E-state index contributed by atoms with van der Waals surface area (Å²) in [5.41, 5.74) is 4.86. The predicted octanol–water partition coefficient (Wildman–Crippen LogP) is 2.68. The van der Waals surface area contributed by atoms with Gasteiger partial charge in [-0.15, -0.1) is 0 Å². The molecule has 0 aliphatic rings. The Morgan fingerprint density at radius 2 is 1.71 bits per heavy atom. The van der Waals surface area contributed by atoms with Crippen LogP contribution in [0.25, 0.3) is 0 Å². The number of urea groups is 1. The van der Waals surface area contributed by atoms with Crippen molar-refractivity contribution in [2.75, 3.05) is 11.9 Å². The van der Waals surface area contributed by atoms with E-state index >= 15 is 0 Å². The molecule has 0 saturated heterocycles. The van der Waals surface area contributed by atoms with E-state index in [1.54, 1.807) is 31.2 Å². The Kier molecular flexibility index (Phi) is 6.04. The Hall–Kier alpha value is -2.22. The summed E-state index contributed by atoms with van der Waals surface area (Å²) >= 11 is 0. The highest BCUT2D eigenvalue weighted by Gasteiger charge is 2.16. The van der Waals surface area contributed by atoms with Crippen LogP contribution in [0.2, 0.25) is 19.6 Å². The van der Waals surface area contributed by atoms with Crippen LogP contribution in [0.3, 0.4) is 0 Å². The normalized spacial score (nSPS) is 10.5. The van der Waals surface area contributed by atoms with Crippen LogP contribution in [0.15, 0.2) is 24.3 Å². The molecule has 0 unspecified atom stereocenters. The lowest BCUT2D eigenvalue weighted by Gasteiger charge is -2.19. The van der Waals surface area contributed by atoms with Crippen molar-refractivity contribution in [3.05, 3.63) is 24.3 Å². The second-order valence-corrected chi connectivity index (χ2v) is 9.59. The Labute approximate surface area is 125 Å². The minimum atomic E-state index is -1.64. The van der Waals surface area contributed by atoms with Crippen LogP contribution in [0.4, 0.5) is 15.3 Å². The summed E-state index contributed by atoms with van der Waals surface area (Å²) in [6, 6.07) is 6.44. The number of carbonyl (C=O) groups is 2. The van der Waals surface area contributed by atoms with Crippen LogP contribution in [0.1, 0.15) is 6.92 Å². The highest BCUT2D eigenvalue weighted by Crippen LogP contribution is 2.18. The summed E-state index contributed by atoms with van der Waals surface area (Å²) in [6.45, 7) is 8.17. The summed E-state index contributed by atoms with van der Waals surface area (Å²) in [5.74, 6) is 0.768. The third-order valence-corrected chi connectivity index (χ3v) is 2.94. The van der Waals surface area contributed by atoms with Gasteiger partial charge in [-0.3, -0.25) is 0 Å². The van der Waals surface area contributed by atoms with Gasteiger partial charge in [-0.2, -0.15) is 0 Å². The number of rotatable bonds is 4. The number of hydrogen-bond donors (Lipinski definition) is 3. The molecule has 0 heterocycles. The lowest BCUT2D eigenvalue weighted by Crippen LogP contribution is -2.44. The van der Waals surface area contributed by atoms with Crippen molar-refractivity contribution < 1.29 is 18.8 Å². The van der Waals surface area contributed by atoms with Crippen LogP contribution in [-0.4, -0.2) is 27.0 Å². The lowest BCUT2D eigenvalue weighted by molar-refractivity contribution is 0.148. The van der Waals surface area contributed by atoms with E-state index < -0.39 is 20.4 Å². The highest BCUT2D eigenvalue weighted by molar-refractivity contribution is 6.70. The van der Waals surface area contributed by atoms with Gasteiger partial charge in [-0.05, 0) is 50.8 Å². The van der Waals surface area contributed by atoms with Gasteiger partial charge >= 0.3 is 12.1 Å². The maximum Gasteiger partial charge on any atom is 0.426 e. The Morgan fingerprint density at radius 3 is 2.24 bits per heavy atom. The maximum absolute atomic E-state index is 11.5. The van der Waals surface area contributed by atoms with E-state index in [-0.39, 0.29) is 6.61 Å². The first-order chi connectivity index (χ1) is 9.80. The monoisotopic (exact) mass is 311 g/mol. The summed E-state index contributed by atoms with van der Waals surface area (Å²) in [5, 5.41) is 2.56. The van der Waals surface area contributed by atoms with Gasteiger partial charge in [-0.25, -0.2) is 20.4 Å². The topological polar surface area (TPSA) is 88.7 Å². The molecule has 0 aromatic heterocycles. The van der Waals surface area contributed by atoms with Gasteiger partial charge in [0.15, 0.2) is 0 Å². The van der Waals surface area contributed by atoms with E-state index in [0.29, 0.717) is 5.69 Å². The fourth-order valence-corrected chi connectivity index (χ4v) is 2.24. The molecule has 1 rings (SSSR count). The van der Waals surface area contributed by atoms with Crippen molar-refractivity contribution in [3.63, 3.8) is 0 Å². The molecule has 0 bridgehead atoms. The summed E-state index contributed by atoms with van der Waals surface area (Å²) in [4.78, 5) is 22.5. The zero-order chi connectivity index (χ0) is 15.9. The molecule has 1 aromatic rings. The zero-order valence-electron chi connectivity index (χ0n) is 12.6. The molecule has 1 aromatic carbocycles. The van der Waals surface area contributed by atoms with Crippen LogP contribution < -0.4 is 20.6 Å². The van der Waals surface area contributed by atoms with Gasteiger partial charge in [0.05, 0.1) is 6.61 Å². The molecule has 0 saturated carbocycles. The molecule has 8 heteroatoms. The molecule has 3 N–H and O–H groups in total. The molecule has 0 aliphatic heterocycles. The zero-order valence-corrected chi connectivity index (χ0v) is 13.6. The smallest absolute Gasteiger partial charge is 0.426 e. The molecule has 0 aliphatic carbocycles. The van der Waals surface area contributed by atoms with Crippen LogP contribution in [0, 0.1) is 0 Å². The number of benzene rings is 1. The summed E-state index contributed by atoms with van der Waals surface area (Å²) < 4.78 is 10.4. The first-order valence-corrected chi connectivity index (χ1v) is 10.00. The fraction of sp³-hybridized carbons (Fsp3) is 0.385. The van der Waals surface area contributed by atoms with E-state index in [1.807, 2.05) is 0 Å². The van der Waals surface area contributed by atoms with Gasteiger partial charge in [0, 0.05) is 5.69 Å². The average Bonchev–Trinajstić information content (AvgIpc) is 2.37. The minimum absolute atomic E-state index is 0.230. The number of hydrogen-bond acceptors (Lipinski definition) is 4. The second-order valence-electron chi connectivity index (χ2n) is 5.16. The fourth-order valence-electron chi connectivity index (χ4n) is 1.40. The van der Waals surface area contributed by atoms with Crippen LogP contribution >= 0.6 is 0 Å². The largest absolute Gasteiger partial charge is 0.544 e. The van der Waals surface area contributed by atoms with Crippen molar-refractivity contribution in [1.29, 1.82) is 0 Å². The average molecular weight is 311 g/mol. The van der Waals surface area contributed by atoms with Gasteiger partial charge in [-0.1, -0.05) is 0 Å². The van der Waals surface area contributed by atoms with Gasteiger partial charge in [0.2, 0.25) is 8.32 Å². The molecule has 7 nitrogen and oxygen atoms in total. The van der Waals surface area contributed by atoms with Crippen molar-refractivity contribution in [2.24, 2.45) is 0 Å². The third kappa shape index (κ3) is 7.21. The van der Waals surface area contributed by atoms with Gasteiger partial charge in [0.25, 0.3) is 0 Å². The molecule has 0 spiro atoms. The lowest BCUT2D eigenvalue weighted by atomic mass is 10.3. The number of ether oxygens (including phenoxy) is 1. The molecule has 0 atom stereocenters. The molecule has 0 radical (unpaired) electrons. The minimum Gasteiger partial charge on any atom is -0.544 e. The summed E-state index contributed by atoms with van der Waals surface area (Å²) in [6.07, 6.45) is -0.716. The number of carbonyl (C=O) groups excluding carboxylic acids is 2. The van der Waals surface area contributed by atoms with Crippen molar-refractivity contribution >= 4 is 26.1 Å². The number of anilines is 1. The molecule has 21 heavy (non-hydrogen) atoms. The van der Waals surface area contributed by atoms with Crippen molar-refractivity contribution in [1.82, 2.24) is 10.9 Å². The van der Waals surface area contributed by atoms with E-state index in [9.17, 15) is 9.59 Å². The Bertz CT molecular complexity index is 485. The number of nitrogens with one attached hydrogen (secondary N) is 3. The first-order valence-electron chi connectivity index (χ1n) is 6.59. The van der Waals surface area contributed by atoms with E-state index in [1.165, 1.54) is 0 Å². The predicted molar refractivity (Wildman–Crippen MR) is 82.7 cm³/mol. The van der Waals surface area contributed by atoms with E-state index in [2.05, 4.69) is 40.5 Å². The van der Waals surface area contributed by atoms with E-state index in [4.69, 9.17) is 4.43 Å². The molecular weight excluding hydrogens is 290 g/mol. The van der Waals surface area contributed by atoms with Crippen LogP contribution in [0.5, 0.6) is 5.75 Å². The van der Waals surface area contributed by atoms with Crippen LogP contribution in [-0.2, 0) is 4.74 Å². The SMILES string of the molecule is CCOC(=O)NNC(=O)Nc1ccc(O[Si](C)(C)C)cc1. The third-order valence-electron chi connectivity index (χ3n) is 2.09. The Balaban J connectivity index is 2.44. The maximum atomic E-state index is 11.5. The van der Waals surface area contributed by atoms with E-state index in [0.717, 1.165) is 5.75 Å². The Morgan fingerprint density at radius 1 is 1.10 bits per heavy atom. The summed E-state index contributed by atoms with van der Waals surface area (Å²) in [7, 11) is -1.64. The van der Waals surface area contributed by atoms with Crippen molar-refractivity contribution in [2.45, 2.75) is 26.6 Å². The molecule has 3 amide bonds. The second kappa shape index (κ2) is 7.53. The molecule has 0 fully saturated rings. The standard InChI is InChI=1S/C13H21N3O4Si/c1-5-19-13(18)16-15-12(17)14-10-6-8-11(9-7-10)20-21(2,3)4/h6-9H,5H2,1-4H3,(H,16,18)(H2,14,15,17). The molecule has 116 valence electrons. The highest BCUT2D eigenvalue weighted by atomic mass is 28.4. The quantitative estimate of drug-likeness (QED) is 0.589. The molecular formula is C13H21N3O4Si.